The van der Waals surface area contributed by atoms with E-state index in [1.54, 1.807) is 0 Å². The predicted octanol–water partition coefficient (Wildman–Crippen LogP) is 4.43. The third-order valence-corrected chi connectivity index (χ3v) is 5.94. The fraction of sp³-hybridized carbons (Fsp3) is 0.680. The van der Waals surface area contributed by atoms with Gasteiger partial charge in [-0.2, -0.15) is 0 Å². The average Bonchev–Trinajstić information content (AvgIpc) is 2.80. The van der Waals surface area contributed by atoms with E-state index in [0.29, 0.717) is 19.8 Å². The van der Waals surface area contributed by atoms with Gasteiger partial charge in [-0.3, -0.25) is 9.59 Å². The number of hydrogen-bond donors (Lipinski definition) is 1. The number of carbonyl (C=O) groups is 2. The third kappa shape index (κ3) is 9.40. The summed E-state index contributed by atoms with van der Waals surface area (Å²) < 4.78 is 15.9. The Bertz CT molecular complexity index is 631. The van der Waals surface area contributed by atoms with Crippen LogP contribution in [0.3, 0.4) is 0 Å². The van der Waals surface area contributed by atoms with Crippen LogP contribution in [0.1, 0.15) is 70.8 Å². The zero-order valence-electron chi connectivity index (χ0n) is 19.0. The van der Waals surface area contributed by atoms with Crippen LogP contribution in [-0.4, -0.2) is 42.5 Å². The molecule has 0 spiro atoms. The van der Waals surface area contributed by atoms with Crippen LogP contribution < -0.4 is 0 Å². The average molecular weight is 435 g/mol. The molecule has 0 radical (unpaired) electrons. The molecule has 0 bridgehead atoms. The zero-order valence-corrected chi connectivity index (χ0v) is 19.0. The van der Waals surface area contributed by atoms with E-state index >= 15 is 0 Å². The summed E-state index contributed by atoms with van der Waals surface area (Å²) in [7, 11) is 0. The van der Waals surface area contributed by atoms with Gasteiger partial charge in [0.2, 0.25) is 0 Å². The Hall–Kier alpha value is -1.92. The molecule has 0 aromatic heterocycles. The maximum absolute atomic E-state index is 11.6. The molecule has 0 heterocycles. The van der Waals surface area contributed by atoms with Crippen molar-refractivity contribution in [3.8, 4) is 0 Å². The van der Waals surface area contributed by atoms with E-state index in [2.05, 4.69) is 12.1 Å². The van der Waals surface area contributed by atoms with Gasteiger partial charge in [0.05, 0.1) is 43.9 Å². The van der Waals surface area contributed by atoms with Crippen LogP contribution in [0.15, 0.2) is 30.3 Å². The van der Waals surface area contributed by atoms with Gasteiger partial charge in [-0.05, 0) is 70.8 Å². The van der Waals surface area contributed by atoms with Crippen molar-refractivity contribution in [2.45, 2.75) is 84.0 Å². The molecule has 0 amide bonds. The topological polar surface area (TPSA) is 82.1 Å². The monoisotopic (exact) mass is 434 g/mol. The van der Waals surface area contributed by atoms with Gasteiger partial charge >= 0.3 is 11.9 Å². The first-order chi connectivity index (χ1) is 15.0. The molecule has 2 aliphatic rings. The van der Waals surface area contributed by atoms with Crippen molar-refractivity contribution in [2.24, 2.45) is 11.8 Å². The number of esters is 2. The normalized spacial score (nSPS) is 25.6. The summed E-state index contributed by atoms with van der Waals surface area (Å²) in [4.78, 5) is 22.8. The first-order valence-electron chi connectivity index (χ1n) is 11.7. The number of rotatable bonds is 7. The molecule has 0 saturated heterocycles. The third-order valence-electron chi connectivity index (χ3n) is 5.94. The molecule has 2 fully saturated rings. The molecular formula is C25H38O6. The number of aliphatic hydroxyl groups excluding tert-OH is 1. The predicted molar refractivity (Wildman–Crippen MR) is 118 cm³/mol. The highest BCUT2D eigenvalue weighted by atomic mass is 16.5. The molecule has 174 valence electrons. The number of hydrogen-bond acceptors (Lipinski definition) is 6. The zero-order chi connectivity index (χ0) is 22.5. The van der Waals surface area contributed by atoms with E-state index in [-0.39, 0.29) is 36.0 Å². The Balaban J connectivity index is 0.000000245. The molecule has 3 rings (SSSR count). The second-order valence-electron chi connectivity index (χ2n) is 8.28. The van der Waals surface area contributed by atoms with Crippen molar-refractivity contribution in [3.63, 3.8) is 0 Å². The number of ether oxygens (including phenoxy) is 3. The summed E-state index contributed by atoms with van der Waals surface area (Å²) in [6.45, 7) is 5.26. The molecule has 0 unspecified atom stereocenters. The van der Waals surface area contributed by atoms with Crippen LogP contribution in [0.2, 0.25) is 0 Å². The lowest BCUT2D eigenvalue weighted by Crippen LogP contribution is -2.27. The van der Waals surface area contributed by atoms with Gasteiger partial charge in [0.15, 0.2) is 0 Å². The summed E-state index contributed by atoms with van der Waals surface area (Å²) >= 11 is 0. The SMILES string of the molecule is CCOC(=O)C1CCC(O)CC1.CCOC(=O)C1CCC(OCc2ccccc2)CC1. The molecule has 2 aliphatic carbocycles. The first-order valence-corrected chi connectivity index (χ1v) is 11.7. The Labute approximate surface area is 186 Å². The van der Waals surface area contributed by atoms with Crippen LogP contribution in [0.4, 0.5) is 0 Å². The maximum Gasteiger partial charge on any atom is 0.308 e. The summed E-state index contributed by atoms with van der Waals surface area (Å²) in [6, 6.07) is 10.2. The minimum Gasteiger partial charge on any atom is -0.466 e. The minimum atomic E-state index is -0.198. The van der Waals surface area contributed by atoms with Gasteiger partial charge in [-0.15, -0.1) is 0 Å². The summed E-state index contributed by atoms with van der Waals surface area (Å²) in [6.07, 6.45) is 6.80. The lowest BCUT2D eigenvalue weighted by molar-refractivity contribution is -0.151. The van der Waals surface area contributed by atoms with Gasteiger partial charge in [0.1, 0.15) is 0 Å². The molecule has 2 saturated carbocycles. The summed E-state index contributed by atoms with van der Waals surface area (Å²) in [5.41, 5.74) is 1.20. The molecule has 1 N–H and O–H groups in total. The summed E-state index contributed by atoms with van der Waals surface area (Å²) in [5, 5.41) is 9.19. The fourth-order valence-electron chi connectivity index (χ4n) is 4.09. The fourth-order valence-corrected chi connectivity index (χ4v) is 4.09. The van der Waals surface area contributed by atoms with E-state index in [0.717, 1.165) is 51.4 Å². The van der Waals surface area contributed by atoms with Crippen LogP contribution in [0, 0.1) is 11.8 Å². The Morgan fingerprint density at radius 1 is 0.806 bits per heavy atom. The molecule has 0 atom stereocenters. The smallest absolute Gasteiger partial charge is 0.308 e. The van der Waals surface area contributed by atoms with Crippen LogP contribution in [0.5, 0.6) is 0 Å². The Kier molecular flexibility index (Phi) is 11.6. The molecular weight excluding hydrogens is 396 g/mol. The van der Waals surface area contributed by atoms with Gasteiger partial charge in [-0.25, -0.2) is 0 Å². The lowest BCUT2D eigenvalue weighted by Gasteiger charge is -2.27. The Morgan fingerprint density at radius 3 is 1.77 bits per heavy atom. The van der Waals surface area contributed by atoms with Gasteiger partial charge in [-0.1, -0.05) is 30.3 Å². The second kappa shape index (κ2) is 14.2. The van der Waals surface area contributed by atoms with Crippen LogP contribution in [0.25, 0.3) is 0 Å². The van der Waals surface area contributed by atoms with Crippen molar-refractivity contribution >= 4 is 11.9 Å². The van der Waals surface area contributed by atoms with Gasteiger partial charge in [0.25, 0.3) is 0 Å². The van der Waals surface area contributed by atoms with Crippen molar-refractivity contribution < 1.29 is 28.9 Å². The maximum atomic E-state index is 11.6. The summed E-state index contributed by atoms with van der Waals surface area (Å²) in [5.74, 6) is -0.0155. The standard InChI is InChI=1S/C16H22O3.C9H16O3/c1-2-18-16(17)14-8-10-15(11-9-14)19-12-13-6-4-3-5-7-13;1-2-12-9(11)7-3-5-8(10)6-4-7/h3-7,14-15H,2,8-12H2,1H3;7-8,10H,2-6H2,1H3. The Morgan fingerprint density at radius 2 is 1.29 bits per heavy atom. The van der Waals surface area contributed by atoms with Crippen molar-refractivity contribution in [3.05, 3.63) is 35.9 Å². The van der Waals surface area contributed by atoms with E-state index in [1.165, 1.54) is 5.56 Å². The second-order valence-corrected chi connectivity index (χ2v) is 8.28. The molecule has 6 heteroatoms. The minimum absolute atomic E-state index is 0.0355. The quantitative estimate of drug-likeness (QED) is 0.640. The molecule has 1 aromatic rings. The van der Waals surface area contributed by atoms with Crippen molar-refractivity contribution in [2.75, 3.05) is 13.2 Å². The first kappa shape index (κ1) is 25.3. The van der Waals surface area contributed by atoms with Gasteiger partial charge in [0, 0.05) is 0 Å². The van der Waals surface area contributed by atoms with Crippen LogP contribution >= 0.6 is 0 Å². The van der Waals surface area contributed by atoms with E-state index in [4.69, 9.17) is 14.2 Å². The number of benzene rings is 1. The van der Waals surface area contributed by atoms with Crippen molar-refractivity contribution in [1.29, 1.82) is 0 Å². The largest absolute Gasteiger partial charge is 0.466 e. The lowest BCUT2D eigenvalue weighted by atomic mass is 9.87. The molecule has 0 aliphatic heterocycles. The highest BCUT2D eigenvalue weighted by Crippen LogP contribution is 2.28. The van der Waals surface area contributed by atoms with Crippen molar-refractivity contribution in [1.82, 2.24) is 0 Å². The highest BCUT2D eigenvalue weighted by Gasteiger charge is 2.27. The molecule has 31 heavy (non-hydrogen) atoms. The molecule has 1 aromatic carbocycles. The van der Waals surface area contributed by atoms with E-state index in [1.807, 2.05) is 32.0 Å². The highest BCUT2D eigenvalue weighted by molar-refractivity contribution is 5.72. The van der Waals surface area contributed by atoms with Crippen LogP contribution in [-0.2, 0) is 30.4 Å². The number of carbonyl (C=O) groups excluding carboxylic acids is 2. The number of aliphatic hydroxyl groups is 1. The van der Waals surface area contributed by atoms with Gasteiger partial charge < -0.3 is 19.3 Å². The molecule has 6 nitrogen and oxygen atoms in total. The van der Waals surface area contributed by atoms with E-state index < -0.39 is 0 Å². The van der Waals surface area contributed by atoms with E-state index in [9.17, 15) is 14.7 Å².